The lowest BCUT2D eigenvalue weighted by Crippen LogP contribution is -2.27. The molecular formula is C10H12BrN3OS. The summed E-state index contributed by atoms with van der Waals surface area (Å²) in [7, 11) is 1.58. The molecule has 6 heteroatoms. The number of nitrogens with two attached hydrogens (primary N) is 1. The fourth-order valence-corrected chi connectivity index (χ4v) is 1.67. The highest BCUT2D eigenvalue weighted by Gasteiger charge is 2.06. The maximum absolute atomic E-state index is 11.1. The molecule has 4 nitrogen and oxygen atoms in total. The molecule has 86 valence electrons. The molecule has 0 fully saturated rings. The van der Waals surface area contributed by atoms with E-state index in [2.05, 4.69) is 26.6 Å². The Balaban J connectivity index is 2.87. The zero-order valence-corrected chi connectivity index (χ0v) is 11.1. The molecule has 16 heavy (non-hydrogen) atoms. The van der Waals surface area contributed by atoms with Gasteiger partial charge in [-0.05, 0) is 18.2 Å². The van der Waals surface area contributed by atoms with Gasteiger partial charge in [0.2, 0.25) is 5.91 Å². The van der Waals surface area contributed by atoms with Gasteiger partial charge in [0.1, 0.15) is 4.99 Å². The first-order valence-electron chi connectivity index (χ1n) is 4.58. The van der Waals surface area contributed by atoms with Crippen LogP contribution in [0.4, 0.5) is 5.69 Å². The Morgan fingerprint density at radius 2 is 2.25 bits per heavy atom. The van der Waals surface area contributed by atoms with Gasteiger partial charge < -0.3 is 16.4 Å². The minimum atomic E-state index is -0.100. The van der Waals surface area contributed by atoms with Gasteiger partial charge in [0.25, 0.3) is 0 Å². The van der Waals surface area contributed by atoms with Crippen LogP contribution < -0.4 is 16.4 Å². The second kappa shape index (κ2) is 5.81. The molecular weight excluding hydrogens is 290 g/mol. The zero-order valence-electron chi connectivity index (χ0n) is 8.71. The highest BCUT2D eigenvalue weighted by molar-refractivity contribution is 9.10. The van der Waals surface area contributed by atoms with E-state index in [-0.39, 0.29) is 12.5 Å². The summed E-state index contributed by atoms with van der Waals surface area (Å²) in [6, 6.07) is 5.49. The van der Waals surface area contributed by atoms with Crippen LogP contribution >= 0.6 is 28.1 Å². The van der Waals surface area contributed by atoms with Crippen LogP contribution in [0.3, 0.4) is 0 Å². The molecule has 0 aliphatic carbocycles. The minimum Gasteiger partial charge on any atom is -0.389 e. The van der Waals surface area contributed by atoms with Crippen LogP contribution in [0.15, 0.2) is 22.7 Å². The molecule has 4 N–H and O–H groups in total. The van der Waals surface area contributed by atoms with Crippen molar-refractivity contribution in [3.63, 3.8) is 0 Å². The number of hydrogen-bond donors (Lipinski definition) is 3. The molecule has 1 aromatic rings. The van der Waals surface area contributed by atoms with Crippen molar-refractivity contribution in [1.82, 2.24) is 5.32 Å². The second-order valence-corrected chi connectivity index (χ2v) is 4.44. The largest absolute Gasteiger partial charge is 0.389 e. The highest BCUT2D eigenvalue weighted by atomic mass is 79.9. The van der Waals surface area contributed by atoms with Crippen molar-refractivity contribution in [2.24, 2.45) is 5.73 Å². The molecule has 0 aromatic heterocycles. The molecule has 0 heterocycles. The first-order chi connectivity index (χ1) is 7.54. The first kappa shape index (κ1) is 12.9. The second-order valence-electron chi connectivity index (χ2n) is 3.08. The van der Waals surface area contributed by atoms with Gasteiger partial charge in [-0.3, -0.25) is 4.79 Å². The van der Waals surface area contributed by atoms with Gasteiger partial charge in [-0.15, -0.1) is 0 Å². The Hall–Kier alpha value is -1.14. The third kappa shape index (κ3) is 3.46. The Kier molecular flexibility index (Phi) is 4.70. The summed E-state index contributed by atoms with van der Waals surface area (Å²) in [6.07, 6.45) is 0. The SMILES string of the molecule is CNC(=O)CNc1ccc(Br)cc1C(N)=S. The molecule has 0 bridgehead atoms. The van der Waals surface area contributed by atoms with Crippen molar-refractivity contribution in [3.05, 3.63) is 28.2 Å². The van der Waals surface area contributed by atoms with Gasteiger partial charge in [-0.2, -0.15) is 0 Å². The van der Waals surface area contributed by atoms with E-state index >= 15 is 0 Å². The Bertz CT molecular complexity index is 423. The topological polar surface area (TPSA) is 67.2 Å². The Morgan fingerprint density at radius 3 is 2.81 bits per heavy atom. The minimum absolute atomic E-state index is 0.100. The van der Waals surface area contributed by atoms with Crippen LogP contribution in [0.5, 0.6) is 0 Å². The summed E-state index contributed by atoms with van der Waals surface area (Å²) in [5.74, 6) is -0.100. The number of carbonyl (C=O) groups is 1. The average molecular weight is 302 g/mol. The molecule has 0 unspecified atom stereocenters. The van der Waals surface area contributed by atoms with E-state index in [1.54, 1.807) is 7.05 Å². The lowest BCUT2D eigenvalue weighted by molar-refractivity contribution is -0.118. The molecule has 0 aliphatic heterocycles. The van der Waals surface area contributed by atoms with E-state index in [0.29, 0.717) is 10.6 Å². The number of benzene rings is 1. The number of halogens is 1. The molecule has 0 atom stereocenters. The molecule has 0 spiro atoms. The summed E-state index contributed by atoms with van der Waals surface area (Å²) >= 11 is 8.27. The summed E-state index contributed by atoms with van der Waals surface area (Å²) in [4.78, 5) is 11.4. The standard InChI is InChI=1S/C10H12BrN3OS/c1-13-9(15)5-14-8-3-2-6(11)4-7(8)10(12)16/h2-4,14H,5H2,1H3,(H2,12,16)(H,13,15). The quantitative estimate of drug-likeness (QED) is 0.732. The number of thiocarbonyl (C=S) groups is 1. The number of likely N-dealkylation sites (N-methyl/N-ethyl adjacent to an activating group) is 1. The van der Waals surface area contributed by atoms with Gasteiger partial charge in [0.15, 0.2) is 0 Å². The van der Waals surface area contributed by atoms with E-state index < -0.39 is 0 Å². The van der Waals surface area contributed by atoms with Crippen LogP contribution in [0.25, 0.3) is 0 Å². The predicted molar refractivity (Wildman–Crippen MR) is 72.6 cm³/mol. The van der Waals surface area contributed by atoms with Gasteiger partial charge in [-0.1, -0.05) is 28.1 Å². The van der Waals surface area contributed by atoms with E-state index in [1.165, 1.54) is 0 Å². The summed E-state index contributed by atoms with van der Waals surface area (Å²) in [5, 5.41) is 5.49. The molecule has 1 rings (SSSR count). The van der Waals surface area contributed by atoms with Crippen LogP contribution in [-0.2, 0) is 4.79 Å². The van der Waals surface area contributed by atoms with Crippen molar-refractivity contribution in [3.8, 4) is 0 Å². The molecule has 0 radical (unpaired) electrons. The maximum atomic E-state index is 11.1. The van der Waals surface area contributed by atoms with Crippen LogP contribution in [0.2, 0.25) is 0 Å². The molecule has 0 saturated heterocycles. The molecule has 1 amide bonds. The summed E-state index contributed by atoms with van der Waals surface area (Å²) < 4.78 is 0.890. The fourth-order valence-electron chi connectivity index (χ4n) is 1.14. The van der Waals surface area contributed by atoms with Gasteiger partial charge in [0.05, 0.1) is 6.54 Å². The van der Waals surface area contributed by atoms with Crippen molar-refractivity contribution >= 4 is 44.7 Å². The van der Waals surface area contributed by atoms with Crippen LogP contribution in [-0.4, -0.2) is 24.5 Å². The van der Waals surface area contributed by atoms with Gasteiger partial charge >= 0.3 is 0 Å². The number of carbonyl (C=O) groups excluding carboxylic acids is 1. The van der Waals surface area contributed by atoms with Crippen molar-refractivity contribution < 1.29 is 4.79 Å². The predicted octanol–water partition coefficient (Wildman–Crippen LogP) is 1.24. The molecule has 0 saturated carbocycles. The van der Waals surface area contributed by atoms with E-state index in [0.717, 1.165) is 10.2 Å². The Labute approximate surface area is 108 Å². The fraction of sp³-hybridized carbons (Fsp3) is 0.200. The smallest absolute Gasteiger partial charge is 0.239 e. The monoisotopic (exact) mass is 301 g/mol. The number of anilines is 1. The number of rotatable bonds is 4. The third-order valence-electron chi connectivity index (χ3n) is 1.97. The number of hydrogen-bond acceptors (Lipinski definition) is 3. The van der Waals surface area contributed by atoms with Crippen LogP contribution in [0.1, 0.15) is 5.56 Å². The first-order valence-corrected chi connectivity index (χ1v) is 5.78. The van der Waals surface area contributed by atoms with Crippen molar-refractivity contribution in [2.75, 3.05) is 18.9 Å². The summed E-state index contributed by atoms with van der Waals surface area (Å²) in [6.45, 7) is 0.188. The van der Waals surface area contributed by atoms with E-state index in [9.17, 15) is 4.79 Å². The Morgan fingerprint density at radius 1 is 1.56 bits per heavy atom. The number of amides is 1. The molecule has 0 aliphatic rings. The molecule has 1 aromatic carbocycles. The van der Waals surface area contributed by atoms with Crippen molar-refractivity contribution in [2.45, 2.75) is 0 Å². The lowest BCUT2D eigenvalue weighted by atomic mass is 10.2. The maximum Gasteiger partial charge on any atom is 0.239 e. The van der Waals surface area contributed by atoms with E-state index in [1.807, 2.05) is 18.2 Å². The van der Waals surface area contributed by atoms with E-state index in [4.69, 9.17) is 18.0 Å². The third-order valence-corrected chi connectivity index (χ3v) is 2.68. The van der Waals surface area contributed by atoms with Crippen molar-refractivity contribution in [1.29, 1.82) is 0 Å². The number of nitrogens with one attached hydrogen (secondary N) is 2. The highest BCUT2D eigenvalue weighted by Crippen LogP contribution is 2.20. The summed E-state index contributed by atoms with van der Waals surface area (Å²) in [5.41, 5.74) is 7.06. The van der Waals surface area contributed by atoms with Crippen LogP contribution in [0, 0.1) is 0 Å². The van der Waals surface area contributed by atoms with Gasteiger partial charge in [-0.25, -0.2) is 0 Å². The zero-order chi connectivity index (χ0) is 12.1. The van der Waals surface area contributed by atoms with Gasteiger partial charge in [0, 0.05) is 22.8 Å². The average Bonchev–Trinajstić information content (AvgIpc) is 2.26. The normalized spacial score (nSPS) is 9.62. The lowest BCUT2D eigenvalue weighted by Gasteiger charge is -2.10.